The van der Waals surface area contributed by atoms with Crippen LogP contribution in [0.15, 0.2) is 59.4 Å². The lowest BCUT2D eigenvalue weighted by atomic mass is 9.93. The molecule has 4 aromatic rings. The van der Waals surface area contributed by atoms with Crippen molar-refractivity contribution >= 4 is 34.4 Å². The number of benzene rings is 1. The van der Waals surface area contributed by atoms with E-state index in [0.29, 0.717) is 35.2 Å². The van der Waals surface area contributed by atoms with Crippen LogP contribution in [-0.2, 0) is 16.6 Å². The normalized spacial score (nSPS) is 14.5. The SMILES string of the molecule is CC(C)(C)c1cc(NC(=O)Nc2ccc3nc(C#Cc4ccc(OCCN5CC[S+]([O-])CC5)cc4)cn3c2)no1. The van der Waals surface area contributed by atoms with E-state index in [2.05, 4.69) is 37.5 Å². The van der Waals surface area contributed by atoms with E-state index in [9.17, 15) is 9.35 Å². The number of fused-ring (bicyclic) bond motifs is 1. The summed E-state index contributed by atoms with van der Waals surface area (Å²) in [6.45, 7) is 9.17. The van der Waals surface area contributed by atoms with Crippen molar-refractivity contribution in [2.75, 3.05) is 48.4 Å². The number of carbonyl (C=O) groups is 1. The van der Waals surface area contributed by atoms with Crippen LogP contribution in [0, 0.1) is 11.8 Å². The molecule has 4 heterocycles. The molecule has 2 amide bonds. The highest BCUT2D eigenvalue weighted by Gasteiger charge is 2.20. The predicted molar refractivity (Wildman–Crippen MR) is 155 cm³/mol. The molecule has 1 aliphatic heterocycles. The first-order chi connectivity index (χ1) is 19.2. The monoisotopic (exact) mass is 560 g/mol. The van der Waals surface area contributed by atoms with Gasteiger partial charge in [-0.2, -0.15) is 0 Å². The number of hydrogen-bond acceptors (Lipinski definition) is 7. The van der Waals surface area contributed by atoms with Gasteiger partial charge in [0, 0.05) is 49.1 Å². The van der Waals surface area contributed by atoms with Gasteiger partial charge in [0.2, 0.25) is 0 Å². The maximum absolute atomic E-state index is 12.4. The summed E-state index contributed by atoms with van der Waals surface area (Å²) in [5, 5.41) is 9.38. The molecular formula is C29H32N6O4S. The van der Waals surface area contributed by atoms with Crippen molar-refractivity contribution in [2.45, 2.75) is 26.2 Å². The molecule has 0 saturated carbocycles. The van der Waals surface area contributed by atoms with Crippen LogP contribution in [0.4, 0.5) is 16.3 Å². The Hall–Kier alpha value is -3.98. The summed E-state index contributed by atoms with van der Waals surface area (Å²) >= 11 is -0.661. The number of nitrogens with zero attached hydrogens (tertiary/aromatic N) is 4. The van der Waals surface area contributed by atoms with Gasteiger partial charge in [0.15, 0.2) is 5.82 Å². The first-order valence-electron chi connectivity index (χ1n) is 13.1. The van der Waals surface area contributed by atoms with Crippen LogP contribution in [-0.4, -0.2) is 67.8 Å². The van der Waals surface area contributed by atoms with Crippen molar-refractivity contribution < 1.29 is 18.6 Å². The van der Waals surface area contributed by atoms with E-state index in [-0.39, 0.29) is 5.41 Å². The topological polar surface area (TPSA) is 120 Å². The number of ether oxygens (including phenoxy) is 1. The summed E-state index contributed by atoms with van der Waals surface area (Å²) in [5.41, 5.74) is 2.57. The maximum atomic E-state index is 12.4. The quantitative estimate of drug-likeness (QED) is 0.269. The zero-order valence-electron chi connectivity index (χ0n) is 22.8. The predicted octanol–water partition coefficient (Wildman–Crippen LogP) is 4.11. The molecule has 1 saturated heterocycles. The van der Waals surface area contributed by atoms with Crippen LogP contribution in [0.3, 0.4) is 0 Å². The Labute approximate surface area is 236 Å². The number of imidazole rings is 1. The van der Waals surface area contributed by atoms with Gasteiger partial charge in [-0.3, -0.25) is 10.2 Å². The Morgan fingerprint density at radius 2 is 1.88 bits per heavy atom. The van der Waals surface area contributed by atoms with Gasteiger partial charge >= 0.3 is 6.03 Å². The molecule has 10 nitrogen and oxygen atoms in total. The average molecular weight is 561 g/mol. The van der Waals surface area contributed by atoms with E-state index >= 15 is 0 Å². The number of hydrogen-bond donors (Lipinski definition) is 2. The van der Waals surface area contributed by atoms with Crippen LogP contribution in [0.25, 0.3) is 5.65 Å². The molecule has 1 aliphatic rings. The highest BCUT2D eigenvalue weighted by molar-refractivity contribution is 7.91. The Morgan fingerprint density at radius 3 is 2.60 bits per heavy atom. The number of pyridine rings is 1. The van der Waals surface area contributed by atoms with Crippen molar-refractivity contribution in [2.24, 2.45) is 0 Å². The highest BCUT2D eigenvalue weighted by atomic mass is 32.2. The van der Waals surface area contributed by atoms with Crippen LogP contribution < -0.4 is 15.4 Å². The molecule has 1 fully saturated rings. The Morgan fingerprint density at radius 1 is 1.10 bits per heavy atom. The van der Waals surface area contributed by atoms with Crippen molar-refractivity contribution in [3.05, 3.63) is 71.9 Å². The van der Waals surface area contributed by atoms with Crippen molar-refractivity contribution in [1.29, 1.82) is 0 Å². The fourth-order valence-electron chi connectivity index (χ4n) is 4.05. The Balaban J connectivity index is 1.14. The van der Waals surface area contributed by atoms with Gasteiger partial charge in [-0.15, -0.1) is 0 Å². The summed E-state index contributed by atoms with van der Waals surface area (Å²) in [6.07, 6.45) is 3.58. The molecule has 0 bridgehead atoms. The second-order valence-corrected chi connectivity index (χ2v) is 12.2. The minimum atomic E-state index is -0.661. The molecule has 11 heteroatoms. The summed E-state index contributed by atoms with van der Waals surface area (Å²) in [7, 11) is 0. The highest BCUT2D eigenvalue weighted by Crippen LogP contribution is 2.24. The molecule has 208 valence electrons. The standard InChI is InChI=1S/C29H32N6O4S/c1-29(2,3)25-18-26(33-39-25)32-28(36)31-23-8-11-27-30-22(19-35(27)20-23)7-4-21-5-9-24(10-6-21)38-15-12-34-13-16-40(37)17-14-34/h5-6,8-11,18-20H,12-17H2,1-3H3,(H2,31,32,33,36). The molecule has 0 unspecified atom stereocenters. The summed E-state index contributed by atoms with van der Waals surface area (Å²) in [4.78, 5) is 19.3. The van der Waals surface area contributed by atoms with Crippen LogP contribution in [0.1, 0.15) is 37.8 Å². The van der Waals surface area contributed by atoms with Crippen LogP contribution >= 0.6 is 0 Å². The van der Waals surface area contributed by atoms with Gasteiger partial charge in [0.05, 0.1) is 5.69 Å². The Bertz CT molecular complexity index is 1520. The average Bonchev–Trinajstić information content (AvgIpc) is 3.56. The number of carbonyl (C=O) groups excluding carboxylic acids is 1. The molecule has 1 aromatic carbocycles. The lowest BCUT2D eigenvalue weighted by molar-refractivity contribution is 0.219. The number of aromatic nitrogens is 3. The fourth-order valence-corrected chi connectivity index (χ4v) is 5.18. The van der Waals surface area contributed by atoms with Gasteiger partial charge in [-0.1, -0.05) is 43.0 Å². The third-order valence-electron chi connectivity index (χ3n) is 6.34. The van der Waals surface area contributed by atoms with Gasteiger partial charge in [0.25, 0.3) is 0 Å². The number of urea groups is 1. The molecular weight excluding hydrogens is 528 g/mol. The third-order valence-corrected chi connectivity index (χ3v) is 7.61. The van der Waals surface area contributed by atoms with E-state index in [0.717, 1.165) is 42.5 Å². The van der Waals surface area contributed by atoms with Crippen LogP contribution in [0.2, 0.25) is 0 Å². The molecule has 0 radical (unpaired) electrons. The van der Waals surface area contributed by atoms with Crippen molar-refractivity contribution in [1.82, 2.24) is 19.4 Å². The molecule has 0 spiro atoms. The summed E-state index contributed by atoms with van der Waals surface area (Å²) < 4.78 is 24.4. The number of anilines is 2. The van der Waals surface area contributed by atoms with Gasteiger partial charge < -0.3 is 23.5 Å². The largest absolute Gasteiger partial charge is 0.616 e. The molecule has 2 N–H and O–H groups in total. The van der Waals surface area contributed by atoms with Crippen LogP contribution in [0.5, 0.6) is 5.75 Å². The second kappa shape index (κ2) is 12.0. The van der Waals surface area contributed by atoms with E-state index < -0.39 is 17.2 Å². The third kappa shape index (κ3) is 7.35. The minimum absolute atomic E-state index is 0.202. The smallest absolute Gasteiger partial charge is 0.324 e. The first-order valence-corrected chi connectivity index (χ1v) is 14.6. The van der Waals surface area contributed by atoms with E-state index in [4.69, 9.17) is 9.26 Å². The minimum Gasteiger partial charge on any atom is -0.616 e. The summed E-state index contributed by atoms with van der Waals surface area (Å²) in [6, 6.07) is 12.5. The number of amides is 2. The summed E-state index contributed by atoms with van der Waals surface area (Å²) in [5.74, 6) is 9.55. The van der Waals surface area contributed by atoms with Crippen molar-refractivity contribution in [3.63, 3.8) is 0 Å². The lowest BCUT2D eigenvalue weighted by Crippen LogP contribution is -2.42. The molecule has 0 aliphatic carbocycles. The maximum Gasteiger partial charge on any atom is 0.324 e. The van der Waals surface area contributed by atoms with Crippen molar-refractivity contribution in [3.8, 4) is 17.6 Å². The van der Waals surface area contributed by atoms with Gasteiger partial charge in [-0.05, 0) is 42.3 Å². The van der Waals surface area contributed by atoms with Gasteiger partial charge in [-0.25, -0.2) is 9.78 Å². The van der Waals surface area contributed by atoms with E-state index in [1.165, 1.54) is 0 Å². The lowest BCUT2D eigenvalue weighted by Gasteiger charge is -2.27. The zero-order chi connectivity index (χ0) is 28.1. The first kappa shape index (κ1) is 27.6. The molecule has 3 aromatic heterocycles. The van der Waals surface area contributed by atoms with E-state index in [1.807, 2.05) is 61.7 Å². The number of rotatable bonds is 6. The number of nitrogens with one attached hydrogen (secondary N) is 2. The Kier molecular flexibility index (Phi) is 8.30. The molecule has 5 rings (SSSR count). The second-order valence-electron chi connectivity index (χ2n) is 10.5. The van der Waals surface area contributed by atoms with Gasteiger partial charge in [0.1, 0.15) is 41.0 Å². The molecule has 40 heavy (non-hydrogen) atoms. The van der Waals surface area contributed by atoms with E-state index in [1.54, 1.807) is 18.3 Å². The fraction of sp³-hybridized carbons (Fsp3) is 0.345. The zero-order valence-corrected chi connectivity index (χ0v) is 23.6. The molecule has 0 atom stereocenters.